The molecule has 2 aromatic carbocycles. The van der Waals surface area contributed by atoms with Gasteiger partial charge in [0.25, 0.3) is 0 Å². The second-order valence-corrected chi connectivity index (χ2v) is 7.34. The van der Waals surface area contributed by atoms with Gasteiger partial charge >= 0.3 is 6.18 Å². The zero-order chi connectivity index (χ0) is 21.1. The Morgan fingerprint density at radius 2 is 1.60 bits per heavy atom. The first-order valence-corrected chi connectivity index (χ1v) is 9.93. The molecule has 4 rings (SSSR count). The Morgan fingerprint density at radius 3 is 2.17 bits per heavy atom. The Balaban J connectivity index is 1.73. The molecule has 5 nitrogen and oxygen atoms in total. The molecule has 2 heterocycles. The van der Waals surface area contributed by atoms with E-state index in [1.54, 1.807) is 5.38 Å². The van der Waals surface area contributed by atoms with Crippen molar-refractivity contribution in [3.05, 3.63) is 83.5 Å². The van der Waals surface area contributed by atoms with Gasteiger partial charge in [0.1, 0.15) is 12.4 Å². The molecule has 0 bridgehead atoms. The summed E-state index contributed by atoms with van der Waals surface area (Å²) in [5.74, 6) is 0.458. The molecule has 0 amide bonds. The van der Waals surface area contributed by atoms with Gasteiger partial charge in [-0.25, -0.2) is 9.98 Å². The Bertz CT molecular complexity index is 1110. The van der Waals surface area contributed by atoms with Crippen molar-refractivity contribution in [2.24, 2.45) is 4.99 Å². The number of halogens is 3. The molecule has 0 N–H and O–H groups in total. The van der Waals surface area contributed by atoms with Crippen molar-refractivity contribution in [3.8, 4) is 10.8 Å². The maximum Gasteiger partial charge on any atom is 0.408 e. The highest BCUT2D eigenvalue weighted by Crippen LogP contribution is 2.34. The summed E-state index contributed by atoms with van der Waals surface area (Å²) in [5.41, 5.74) is 2.54. The minimum atomic E-state index is -4.41. The van der Waals surface area contributed by atoms with Crippen LogP contribution in [-0.4, -0.2) is 31.6 Å². The van der Waals surface area contributed by atoms with Crippen molar-refractivity contribution in [2.45, 2.75) is 19.1 Å². The standard InChI is InChI=1S/C21H16F3N5S/c1-14(21(22,23)24)29-13-25-28-19(29)20-27-17(12-30-20)26-18(15-8-4-2-5-9-15)16-10-6-3-7-11-16/h2-14H,1H3/t14-/m0/s1. The van der Waals surface area contributed by atoms with Crippen LogP contribution in [0, 0.1) is 0 Å². The van der Waals surface area contributed by atoms with Crippen LogP contribution in [0.3, 0.4) is 0 Å². The number of hydrogen-bond donors (Lipinski definition) is 0. The third-order valence-corrected chi connectivity index (χ3v) is 5.29. The lowest BCUT2D eigenvalue weighted by Gasteiger charge is -2.17. The molecule has 0 saturated carbocycles. The van der Waals surface area contributed by atoms with Gasteiger partial charge in [0.15, 0.2) is 16.6 Å². The van der Waals surface area contributed by atoms with Crippen molar-refractivity contribution in [3.63, 3.8) is 0 Å². The summed E-state index contributed by atoms with van der Waals surface area (Å²) in [6, 6.07) is 17.5. The predicted octanol–water partition coefficient (Wildman–Crippen LogP) is 5.69. The number of rotatable bonds is 5. The number of benzene rings is 2. The Kier molecular flexibility index (Phi) is 5.45. The summed E-state index contributed by atoms with van der Waals surface area (Å²) in [4.78, 5) is 9.10. The minimum absolute atomic E-state index is 0.0623. The average Bonchev–Trinajstić information content (AvgIpc) is 3.41. The summed E-state index contributed by atoms with van der Waals surface area (Å²) < 4.78 is 40.4. The number of alkyl halides is 3. The summed E-state index contributed by atoms with van der Waals surface area (Å²) in [5, 5.41) is 9.50. The predicted molar refractivity (Wildman–Crippen MR) is 110 cm³/mol. The molecule has 0 aliphatic carbocycles. The molecule has 30 heavy (non-hydrogen) atoms. The zero-order valence-electron chi connectivity index (χ0n) is 15.8. The fourth-order valence-corrected chi connectivity index (χ4v) is 3.58. The van der Waals surface area contributed by atoms with Crippen LogP contribution in [0.25, 0.3) is 10.8 Å². The van der Waals surface area contributed by atoms with E-state index in [-0.39, 0.29) is 5.82 Å². The summed E-state index contributed by atoms with van der Waals surface area (Å²) in [6.07, 6.45) is -3.35. The van der Waals surface area contributed by atoms with Crippen LogP contribution in [0.5, 0.6) is 0 Å². The van der Waals surface area contributed by atoms with Gasteiger partial charge in [-0.05, 0) is 6.92 Å². The monoisotopic (exact) mass is 427 g/mol. The normalized spacial score (nSPS) is 12.5. The third kappa shape index (κ3) is 4.16. The molecule has 4 aromatic rings. The SMILES string of the molecule is C[C@H](n1cnnc1-c1nc(N=C(c2ccccc2)c2ccccc2)cs1)C(F)(F)F. The highest BCUT2D eigenvalue weighted by molar-refractivity contribution is 7.13. The Hall–Kier alpha value is -3.33. The van der Waals surface area contributed by atoms with E-state index in [2.05, 4.69) is 20.2 Å². The molecular formula is C21H16F3N5S. The molecule has 152 valence electrons. The first kappa shape index (κ1) is 20.0. The van der Waals surface area contributed by atoms with Crippen LogP contribution in [0.2, 0.25) is 0 Å². The van der Waals surface area contributed by atoms with Crippen molar-refractivity contribution >= 4 is 22.9 Å². The van der Waals surface area contributed by atoms with Crippen LogP contribution in [0.1, 0.15) is 24.1 Å². The highest BCUT2D eigenvalue weighted by atomic mass is 32.1. The second-order valence-electron chi connectivity index (χ2n) is 6.48. The van der Waals surface area contributed by atoms with Crippen molar-refractivity contribution in [2.75, 3.05) is 0 Å². The van der Waals surface area contributed by atoms with Crippen LogP contribution in [0.15, 0.2) is 77.4 Å². The quantitative estimate of drug-likeness (QED) is 0.384. The van der Waals surface area contributed by atoms with Gasteiger partial charge < -0.3 is 0 Å². The van der Waals surface area contributed by atoms with E-state index in [1.807, 2.05) is 60.7 Å². The number of aromatic nitrogens is 4. The number of thiazole rings is 1. The topological polar surface area (TPSA) is 56.0 Å². The van der Waals surface area contributed by atoms with Gasteiger partial charge in [0, 0.05) is 16.5 Å². The fraction of sp³-hybridized carbons (Fsp3) is 0.143. The van der Waals surface area contributed by atoms with E-state index in [1.165, 1.54) is 11.3 Å². The molecule has 0 saturated heterocycles. The van der Waals surface area contributed by atoms with Crippen molar-refractivity contribution < 1.29 is 13.2 Å². The van der Waals surface area contributed by atoms with Crippen LogP contribution < -0.4 is 0 Å². The largest absolute Gasteiger partial charge is 0.408 e. The molecule has 1 atom stereocenters. The first-order valence-electron chi connectivity index (χ1n) is 9.05. The smallest absolute Gasteiger partial charge is 0.300 e. The van der Waals surface area contributed by atoms with Crippen LogP contribution >= 0.6 is 11.3 Å². The molecule has 0 radical (unpaired) electrons. The Labute approximate surface area is 174 Å². The molecule has 2 aromatic heterocycles. The lowest BCUT2D eigenvalue weighted by Crippen LogP contribution is -2.23. The van der Waals surface area contributed by atoms with E-state index >= 15 is 0 Å². The maximum absolute atomic E-state index is 13.1. The van der Waals surface area contributed by atoms with E-state index in [9.17, 15) is 13.2 Å². The van der Waals surface area contributed by atoms with Gasteiger partial charge in [-0.15, -0.1) is 21.5 Å². The summed E-state index contributed by atoms with van der Waals surface area (Å²) in [6.45, 7) is 1.06. The summed E-state index contributed by atoms with van der Waals surface area (Å²) in [7, 11) is 0. The van der Waals surface area contributed by atoms with Gasteiger partial charge in [0.05, 0.1) is 5.71 Å². The lowest BCUT2D eigenvalue weighted by atomic mass is 10.0. The van der Waals surface area contributed by atoms with Crippen LogP contribution in [0.4, 0.5) is 19.0 Å². The molecule has 0 aliphatic heterocycles. The molecule has 0 spiro atoms. The molecule has 0 aliphatic rings. The highest BCUT2D eigenvalue weighted by Gasteiger charge is 2.39. The lowest BCUT2D eigenvalue weighted by molar-refractivity contribution is -0.162. The van der Waals surface area contributed by atoms with E-state index in [0.29, 0.717) is 10.8 Å². The van der Waals surface area contributed by atoms with Crippen molar-refractivity contribution in [1.29, 1.82) is 0 Å². The molecule has 0 fully saturated rings. The number of hydrogen-bond acceptors (Lipinski definition) is 5. The second kappa shape index (κ2) is 8.19. The van der Waals surface area contributed by atoms with Crippen LogP contribution in [-0.2, 0) is 0 Å². The Morgan fingerprint density at radius 1 is 1.00 bits per heavy atom. The van der Waals surface area contributed by atoms with Gasteiger partial charge in [-0.1, -0.05) is 60.7 Å². The maximum atomic E-state index is 13.1. The molecular weight excluding hydrogens is 411 g/mol. The van der Waals surface area contributed by atoms with Crippen molar-refractivity contribution in [1.82, 2.24) is 19.7 Å². The average molecular weight is 427 g/mol. The third-order valence-electron chi connectivity index (χ3n) is 4.47. The summed E-state index contributed by atoms with van der Waals surface area (Å²) >= 11 is 1.17. The van der Waals surface area contributed by atoms with E-state index in [4.69, 9.17) is 0 Å². The van der Waals surface area contributed by atoms with Gasteiger partial charge in [0.2, 0.25) is 0 Å². The van der Waals surface area contributed by atoms with Gasteiger partial charge in [-0.2, -0.15) is 13.2 Å². The number of aliphatic imine (C=N–C) groups is 1. The minimum Gasteiger partial charge on any atom is -0.300 e. The fourth-order valence-electron chi connectivity index (χ4n) is 2.86. The first-order chi connectivity index (χ1) is 14.4. The van der Waals surface area contributed by atoms with E-state index in [0.717, 1.165) is 34.7 Å². The molecule has 9 heteroatoms. The zero-order valence-corrected chi connectivity index (χ0v) is 16.6. The number of nitrogens with zero attached hydrogens (tertiary/aromatic N) is 5. The molecule has 0 unspecified atom stereocenters. The van der Waals surface area contributed by atoms with Gasteiger partial charge in [-0.3, -0.25) is 4.57 Å². The van der Waals surface area contributed by atoms with E-state index < -0.39 is 12.2 Å².